The quantitative estimate of drug-likeness (QED) is 0.576. The van der Waals surface area contributed by atoms with E-state index in [-0.39, 0.29) is 0 Å². The van der Waals surface area contributed by atoms with Gasteiger partial charge in [0.25, 0.3) is 0 Å². The van der Waals surface area contributed by atoms with Crippen molar-refractivity contribution in [2.24, 2.45) is 0 Å². The Kier molecular flexibility index (Phi) is 2.87. The molecule has 0 unspecified atom stereocenters. The Morgan fingerprint density at radius 3 is 2.67 bits per heavy atom. The molecule has 1 aromatic carbocycles. The van der Waals surface area contributed by atoms with Crippen LogP contribution >= 0.6 is 0 Å². The standard InChI is InChI=1S/C12H14/c1-4-7-10(2)12-9-6-5-8-11(12)3/h4-6,8-9H,1,3,7H2,2H3/b12-10+. The van der Waals surface area contributed by atoms with Gasteiger partial charge in [0.2, 0.25) is 0 Å². The molecule has 1 aromatic rings. The van der Waals surface area contributed by atoms with E-state index in [1.54, 1.807) is 0 Å². The van der Waals surface area contributed by atoms with Gasteiger partial charge in [-0.3, -0.25) is 0 Å². The predicted molar refractivity (Wildman–Crippen MR) is 55.1 cm³/mol. The van der Waals surface area contributed by atoms with Crippen molar-refractivity contribution >= 4 is 12.2 Å². The highest BCUT2D eigenvalue weighted by atomic mass is 13.9. The molecule has 0 amide bonds. The number of hydrogen-bond donors (Lipinski definition) is 0. The van der Waals surface area contributed by atoms with Gasteiger partial charge in [0.15, 0.2) is 0 Å². The van der Waals surface area contributed by atoms with Crippen molar-refractivity contribution < 1.29 is 0 Å². The van der Waals surface area contributed by atoms with E-state index >= 15 is 0 Å². The molecule has 0 aromatic heterocycles. The van der Waals surface area contributed by atoms with Crippen LogP contribution in [0.15, 0.2) is 36.9 Å². The number of allylic oxidation sites excluding steroid dienone is 1. The molecular formula is C12H14. The minimum atomic E-state index is 0.937. The smallest absolute Gasteiger partial charge is 0.0135 e. The lowest BCUT2D eigenvalue weighted by molar-refractivity contribution is 1.33. The minimum Gasteiger partial charge on any atom is -0.103 e. The zero-order valence-corrected chi connectivity index (χ0v) is 7.51. The fourth-order valence-corrected chi connectivity index (χ4v) is 1.26. The lowest BCUT2D eigenvalue weighted by Crippen LogP contribution is -2.23. The molecule has 0 aliphatic rings. The van der Waals surface area contributed by atoms with Crippen molar-refractivity contribution in [1.82, 2.24) is 0 Å². The van der Waals surface area contributed by atoms with Crippen LogP contribution < -0.4 is 10.4 Å². The van der Waals surface area contributed by atoms with Crippen LogP contribution in [0.2, 0.25) is 0 Å². The zero-order chi connectivity index (χ0) is 8.97. The van der Waals surface area contributed by atoms with Gasteiger partial charge < -0.3 is 0 Å². The molecule has 0 aliphatic heterocycles. The van der Waals surface area contributed by atoms with E-state index in [1.807, 2.05) is 24.3 Å². The zero-order valence-electron chi connectivity index (χ0n) is 7.51. The summed E-state index contributed by atoms with van der Waals surface area (Å²) in [6, 6.07) is 8.17. The maximum atomic E-state index is 3.97. The SMILES string of the molecule is C=CC/C(C)=c1\ccccc1=C. The Labute approximate surface area is 73.6 Å². The molecule has 12 heavy (non-hydrogen) atoms. The Morgan fingerprint density at radius 2 is 2.08 bits per heavy atom. The molecule has 0 radical (unpaired) electrons. The van der Waals surface area contributed by atoms with Gasteiger partial charge in [-0.25, -0.2) is 0 Å². The molecule has 0 spiro atoms. The number of benzene rings is 1. The van der Waals surface area contributed by atoms with Crippen LogP contribution in [0.5, 0.6) is 0 Å². The molecule has 1 rings (SSSR count). The fourth-order valence-electron chi connectivity index (χ4n) is 1.26. The second-order valence-electron chi connectivity index (χ2n) is 2.93. The third-order valence-corrected chi connectivity index (χ3v) is 1.93. The van der Waals surface area contributed by atoms with E-state index in [9.17, 15) is 0 Å². The molecule has 0 N–H and O–H groups in total. The van der Waals surface area contributed by atoms with Gasteiger partial charge in [0.1, 0.15) is 0 Å². The minimum absolute atomic E-state index is 0.937. The first-order valence-electron chi connectivity index (χ1n) is 4.10. The normalized spacial score (nSPS) is 12.4. The van der Waals surface area contributed by atoms with Crippen LogP contribution in [0.25, 0.3) is 12.2 Å². The first-order valence-corrected chi connectivity index (χ1v) is 4.10. The van der Waals surface area contributed by atoms with Crippen LogP contribution in [0, 0.1) is 0 Å². The average Bonchev–Trinajstić information content (AvgIpc) is 2.05. The van der Waals surface area contributed by atoms with Crippen LogP contribution in [-0.4, -0.2) is 0 Å². The lowest BCUT2D eigenvalue weighted by atomic mass is 10.1. The summed E-state index contributed by atoms with van der Waals surface area (Å²) >= 11 is 0. The van der Waals surface area contributed by atoms with Gasteiger partial charge in [-0.1, -0.05) is 42.5 Å². The van der Waals surface area contributed by atoms with Crippen molar-refractivity contribution in [2.75, 3.05) is 0 Å². The van der Waals surface area contributed by atoms with Gasteiger partial charge in [0, 0.05) is 0 Å². The van der Waals surface area contributed by atoms with Crippen molar-refractivity contribution in [1.29, 1.82) is 0 Å². The van der Waals surface area contributed by atoms with E-state index in [4.69, 9.17) is 0 Å². The largest absolute Gasteiger partial charge is 0.103 e. The molecule has 0 heterocycles. The summed E-state index contributed by atoms with van der Waals surface area (Å²) in [5.74, 6) is 0. The van der Waals surface area contributed by atoms with Gasteiger partial charge in [0.05, 0.1) is 0 Å². The Morgan fingerprint density at radius 1 is 1.42 bits per heavy atom. The highest BCUT2D eigenvalue weighted by molar-refractivity contribution is 5.44. The second kappa shape index (κ2) is 3.91. The molecule has 0 saturated carbocycles. The number of hydrogen-bond acceptors (Lipinski definition) is 0. The molecule has 0 fully saturated rings. The van der Waals surface area contributed by atoms with Gasteiger partial charge in [-0.05, 0) is 23.8 Å². The third-order valence-electron chi connectivity index (χ3n) is 1.93. The summed E-state index contributed by atoms with van der Waals surface area (Å²) in [5.41, 5.74) is 1.33. The maximum Gasteiger partial charge on any atom is -0.0135 e. The molecule has 0 saturated heterocycles. The highest BCUT2D eigenvalue weighted by Crippen LogP contribution is 1.96. The lowest BCUT2D eigenvalue weighted by Gasteiger charge is -1.95. The first-order chi connectivity index (χ1) is 5.75. The summed E-state index contributed by atoms with van der Waals surface area (Å²) < 4.78 is 0. The summed E-state index contributed by atoms with van der Waals surface area (Å²) in [5, 5.41) is 2.34. The van der Waals surface area contributed by atoms with Crippen molar-refractivity contribution in [3.63, 3.8) is 0 Å². The maximum absolute atomic E-state index is 3.97. The molecular weight excluding hydrogens is 144 g/mol. The van der Waals surface area contributed by atoms with Crippen LogP contribution in [0.4, 0.5) is 0 Å². The van der Waals surface area contributed by atoms with Crippen LogP contribution in [-0.2, 0) is 0 Å². The highest BCUT2D eigenvalue weighted by Gasteiger charge is 1.87. The van der Waals surface area contributed by atoms with Crippen LogP contribution in [0.1, 0.15) is 13.3 Å². The van der Waals surface area contributed by atoms with E-state index in [0.717, 1.165) is 11.6 Å². The van der Waals surface area contributed by atoms with E-state index in [0.29, 0.717) is 0 Å². The summed E-state index contributed by atoms with van der Waals surface area (Å²) in [4.78, 5) is 0. The molecule has 0 aliphatic carbocycles. The Balaban J connectivity index is 3.34. The van der Waals surface area contributed by atoms with Crippen LogP contribution in [0.3, 0.4) is 0 Å². The molecule has 62 valence electrons. The molecule has 0 atom stereocenters. The Hall–Kier alpha value is -1.30. The number of rotatable bonds is 2. The van der Waals surface area contributed by atoms with E-state index < -0.39 is 0 Å². The summed E-state index contributed by atoms with van der Waals surface area (Å²) in [6.07, 6.45) is 2.86. The van der Waals surface area contributed by atoms with Crippen molar-refractivity contribution in [3.05, 3.63) is 47.4 Å². The van der Waals surface area contributed by atoms with Gasteiger partial charge >= 0.3 is 0 Å². The molecule has 0 heteroatoms. The molecule has 0 bridgehead atoms. The fraction of sp³-hybridized carbons (Fsp3) is 0.167. The van der Waals surface area contributed by atoms with Crippen molar-refractivity contribution in [2.45, 2.75) is 13.3 Å². The molecule has 0 nitrogen and oxygen atoms in total. The summed E-state index contributed by atoms with van der Waals surface area (Å²) in [6.45, 7) is 9.80. The summed E-state index contributed by atoms with van der Waals surface area (Å²) in [7, 11) is 0. The van der Waals surface area contributed by atoms with Crippen molar-refractivity contribution in [3.8, 4) is 0 Å². The first kappa shape index (κ1) is 8.79. The average molecular weight is 158 g/mol. The predicted octanol–water partition coefficient (Wildman–Crippen LogP) is 1.84. The monoisotopic (exact) mass is 158 g/mol. The van der Waals surface area contributed by atoms with Gasteiger partial charge in [-0.2, -0.15) is 0 Å². The van der Waals surface area contributed by atoms with E-state index in [2.05, 4.69) is 26.1 Å². The second-order valence-corrected chi connectivity index (χ2v) is 2.93. The third kappa shape index (κ3) is 1.85. The van der Waals surface area contributed by atoms with Gasteiger partial charge in [-0.15, -0.1) is 6.58 Å². The van der Waals surface area contributed by atoms with E-state index in [1.165, 1.54) is 10.8 Å². The Bertz CT molecular complexity index is 371. The topological polar surface area (TPSA) is 0 Å².